The molecule has 4 aliphatic rings. The van der Waals surface area contributed by atoms with Gasteiger partial charge in [0.1, 0.15) is 11.2 Å². The first-order chi connectivity index (χ1) is 14.7. The van der Waals surface area contributed by atoms with Gasteiger partial charge in [0.2, 0.25) is 0 Å². The fraction of sp³-hybridized carbons (Fsp3) is 0.917. The Kier molecular flexibility index (Phi) is 8.58. The predicted octanol–water partition coefficient (Wildman–Crippen LogP) is 6.70. The molecule has 0 spiro atoms. The van der Waals surface area contributed by atoms with Crippen LogP contribution in [0.15, 0.2) is 0 Å². The number of amides is 2. The Morgan fingerprint density at radius 1 is 0.625 bits per heavy atom. The number of carbonyl (C=O) groups excluding carboxylic acids is 2. The maximum atomic E-state index is 12.1. The van der Waals surface area contributed by atoms with Crippen LogP contribution >= 0.6 is 45.2 Å². The van der Waals surface area contributed by atoms with Crippen molar-refractivity contribution in [1.82, 2.24) is 9.80 Å². The molecular formula is C24H40I2N2O4. The van der Waals surface area contributed by atoms with Gasteiger partial charge in [0.15, 0.2) is 0 Å². The van der Waals surface area contributed by atoms with Crippen molar-refractivity contribution in [3.8, 4) is 0 Å². The van der Waals surface area contributed by atoms with Crippen molar-refractivity contribution < 1.29 is 19.1 Å². The van der Waals surface area contributed by atoms with Crippen LogP contribution in [0.5, 0.6) is 0 Å². The Labute approximate surface area is 221 Å². The van der Waals surface area contributed by atoms with Crippen molar-refractivity contribution in [2.24, 2.45) is 0 Å². The van der Waals surface area contributed by atoms with Crippen molar-refractivity contribution in [3.63, 3.8) is 0 Å². The molecule has 0 aliphatic carbocycles. The molecule has 4 bridgehead atoms. The van der Waals surface area contributed by atoms with E-state index in [9.17, 15) is 9.59 Å². The summed E-state index contributed by atoms with van der Waals surface area (Å²) in [6.45, 7) is 11.6. The Balaban J connectivity index is 0.000000181. The molecule has 2 amide bonds. The summed E-state index contributed by atoms with van der Waals surface area (Å²) in [6, 6.07) is 1.71. The monoisotopic (exact) mass is 674 g/mol. The van der Waals surface area contributed by atoms with Gasteiger partial charge in [0, 0.05) is 32.0 Å². The van der Waals surface area contributed by atoms with Crippen LogP contribution in [-0.4, -0.2) is 65.2 Å². The van der Waals surface area contributed by atoms with Crippen molar-refractivity contribution in [2.75, 3.05) is 0 Å². The number of hydrogen-bond donors (Lipinski definition) is 0. The zero-order valence-corrected chi connectivity index (χ0v) is 24.7. The van der Waals surface area contributed by atoms with E-state index in [2.05, 4.69) is 45.2 Å². The molecule has 0 saturated carbocycles. The van der Waals surface area contributed by atoms with Gasteiger partial charge < -0.3 is 19.3 Å². The van der Waals surface area contributed by atoms with Crippen molar-refractivity contribution in [1.29, 1.82) is 0 Å². The first-order valence-corrected chi connectivity index (χ1v) is 14.5. The summed E-state index contributed by atoms with van der Waals surface area (Å²) in [6.07, 6.45) is 8.95. The highest BCUT2D eigenvalue weighted by Crippen LogP contribution is 2.40. The van der Waals surface area contributed by atoms with Gasteiger partial charge in [-0.1, -0.05) is 45.2 Å². The lowest BCUT2D eigenvalue weighted by molar-refractivity contribution is 0.00768. The lowest BCUT2D eigenvalue weighted by Gasteiger charge is -2.37. The second-order valence-corrected chi connectivity index (χ2v) is 15.2. The first kappa shape index (κ1) is 26.6. The van der Waals surface area contributed by atoms with Crippen molar-refractivity contribution in [2.45, 2.75) is 136 Å². The molecule has 0 radical (unpaired) electrons. The normalized spacial score (nSPS) is 34.0. The summed E-state index contributed by atoms with van der Waals surface area (Å²) in [5.74, 6) is 0. The summed E-state index contributed by atoms with van der Waals surface area (Å²) < 4.78 is 12.4. The molecule has 6 atom stereocenters. The highest BCUT2D eigenvalue weighted by atomic mass is 127. The maximum absolute atomic E-state index is 12.1. The second-order valence-electron chi connectivity index (χ2n) is 11.7. The van der Waals surface area contributed by atoms with E-state index < -0.39 is 0 Å². The van der Waals surface area contributed by atoms with Gasteiger partial charge in [-0.2, -0.15) is 0 Å². The molecule has 6 nitrogen and oxygen atoms in total. The Bertz CT molecular complexity index is 604. The van der Waals surface area contributed by atoms with Gasteiger partial charge in [-0.05, 0) is 92.9 Å². The minimum Gasteiger partial charge on any atom is -0.444 e. The number of fused-ring (bicyclic) bond motifs is 4. The third-order valence-electron chi connectivity index (χ3n) is 6.56. The minimum atomic E-state index is -0.377. The zero-order chi connectivity index (χ0) is 23.8. The molecule has 0 N–H and O–H groups in total. The van der Waals surface area contributed by atoms with Crippen LogP contribution in [0.2, 0.25) is 0 Å². The van der Waals surface area contributed by atoms with E-state index in [0.717, 1.165) is 59.2 Å². The average molecular weight is 674 g/mol. The summed E-state index contributed by atoms with van der Waals surface area (Å²) in [5.41, 5.74) is -0.755. The first-order valence-electron chi connectivity index (χ1n) is 12.0. The highest BCUT2D eigenvalue weighted by Gasteiger charge is 2.45. The summed E-state index contributed by atoms with van der Waals surface area (Å²) in [5, 5.41) is 0. The lowest BCUT2D eigenvalue weighted by Crippen LogP contribution is -2.48. The van der Waals surface area contributed by atoms with Gasteiger partial charge in [-0.25, -0.2) is 9.59 Å². The topological polar surface area (TPSA) is 59.1 Å². The molecular weight excluding hydrogens is 634 g/mol. The summed E-state index contributed by atoms with van der Waals surface area (Å²) >= 11 is 5.02. The van der Waals surface area contributed by atoms with Crippen LogP contribution in [-0.2, 0) is 9.47 Å². The fourth-order valence-corrected chi connectivity index (χ4v) is 7.79. The summed E-state index contributed by atoms with van der Waals surface area (Å²) in [4.78, 5) is 28.2. The standard InChI is InChI=1S/2C12H20INO2/c2*1-12(2,3)16-11(15)14-9-4-5-10(14)7-8(13)6-9/h2*8-10H,4-7H2,1-3H3/t2*8?,9-,10+. The van der Waals surface area contributed by atoms with Crippen LogP contribution in [0.3, 0.4) is 0 Å². The number of hydrogen-bond acceptors (Lipinski definition) is 4. The van der Waals surface area contributed by atoms with E-state index in [1.165, 1.54) is 0 Å². The van der Waals surface area contributed by atoms with Crippen LogP contribution in [0.25, 0.3) is 0 Å². The van der Waals surface area contributed by atoms with Gasteiger partial charge in [0.05, 0.1) is 0 Å². The maximum Gasteiger partial charge on any atom is 0.410 e. The highest BCUT2D eigenvalue weighted by molar-refractivity contribution is 14.1. The molecule has 4 aliphatic heterocycles. The Morgan fingerprint density at radius 3 is 1.09 bits per heavy atom. The quantitative estimate of drug-likeness (QED) is 0.212. The van der Waals surface area contributed by atoms with Crippen molar-refractivity contribution >= 4 is 57.4 Å². The third kappa shape index (κ3) is 7.01. The smallest absolute Gasteiger partial charge is 0.410 e. The number of nitrogens with zero attached hydrogens (tertiary/aromatic N) is 2. The van der Waals surface area contributed by atoms with Gasteiger partial charge >= 0.3 is 12.2 Å². The molecule has 32 heavy (non-hydrogen) atoms. The van der Waals surface area contributed by atoms with Crippen LogP contribution in [0.4, 0.5) is 9.59 Å². The molecule has 8 heteroatoms. The van der Waals surface area contributed by atoms with Crippen LogP contribution < -0.4 is 0 Å². The van der Waals surface area contributed by atoms with Gasteiger partial charge in [-0.3, -0.25) is 0 Å². The largest absolute Gasteiger partial charge is 0.444 e. The molecule has 4 rings (SSSR count). The molecule has 4 heterocycles. The van der Waals surface area contributed by atoms with Crippen LogP contribution in [0.1, 0.15) is 92.9 Å². The molecule has 0 aromatic rings. The lowest BCUT2D eigenvalue weighted by atomic mass is 10.0. The van der Waals surface area contributed by atoms with E-state index in [-0.39, 0.29) is 23.4 Å². The third-order valence-corrected chi connectivity index (χ3v) is 8.59. The van der Waals surface area contributed by atoms with Gasteiger partial charge in [-0.15, -0.1) is 0 Å². The fourth-order valence-electron chi connectivity index (χ4n) is 5.45. The number of carbonyl (C=O) groups is 2. The van der Waals surface area contributed by atoms with Crippen molar-refractivity contribution in [3.05, 3.63) is 0 Å². The van der Waals surface area contributed by atoms with Crippen LogP contribution in [0, 0.1) is 0 Å². The number of alkyl halides is 2. The summed E-state index contributed by atoms with van der Waals surface area (Å²) in [7, 11) is 0. The molecule has 0 aromatic carbocycles. The predicted molar refractivity (Wildman–Crippen MR) is 144 cm³/mol. The number of ether oxygens (including phenoxy) is 2. The number of rotatable bonds is 0. The second kappa shape index (κ2) is 10.3. The number of piperidine rings is 2. The van der Waals surface area contributed by atoms with E-state index in [1.54, 1.807) is 0 Å². The molecule has 4 fully saturated rings. The Hall–Kier alpha value is 0. The van der Waals surface area contributed by atoms with E-state index >= 15 is 0 Å². The van der Waals surface area contributed by atoms with E-state index in [4.69, 9.17) is 9.47 Å². The van der Waals surface area contributed by atoms with E-state index in [1.807, 2.05) is 51.3 Å². The molecule has 2 unspecified atom stereocenters. The average Bonchev–Trinajstić information content (AvgIpc) is 3.04. The minimum absolute atomic E-state index is 0.108. The molecule has 0 aromatic heterocycles. The molecule has 4 saturated heterocycles. The van der Waals surface area contributed by atoms with Gasteiger partial charge in [0.25, 0.3) is 0 Å². The molecule has 184 valence electrons. The zero-order valence-electron chi connectivity index (χ0n) is 20.4. The Morgan fingerprint density at radius 2 is 0.875 bits per heavy atom. The number of halogens is 2. The SMILES string of the molecule is CC(C)(C)OC(=O)N1[C@@H]2CC[C@H]1CC(I)C2.CC(C)(C)OC(=O)N1[C@@H]2CC[C@H]1CC(I)C2. The van der Waals surface area contributed by atoms with E-state index in [0.29, 0.717) is 24.2 Å².